The number of nitrogens with zero attached hydrogens (tertiary/aromatic N) is 1. The maximum absolute atomic E-state index is 13.7. The highest BCUT2D eigenvalue weighted by molar-refractivity contribution is 7.99. The number of hydrogen-bond donors (Lipinski definition) is 1. The zero-order valence-corrected chi connectivity index (χ0v) is 18.1. The summed E-state index contributed by atoms with van der Waals surface area (Å²) in [6.45, 7) is 1.09. The predicted octanol–water partition coefficient (Wildman–Crippen LogP) is 4.53. The molecule has 3 rings (SSSR count). The van der Waals surface area contributed by atoms with Crippen molar-refractivity contribution >= 4 is 45.0 Å². The van der Waals surface area contributed by atoms with Crippen LogP contribution in [0, 0.1) is 5.82 Å². The molecule has 9 heteroatoms. The first-order valence-corrected chi connectivity index (χ1v) is 12.3. The Morgan fingerprint density at radius 1 is 1.10 bits per heavy atom. The van der Waals surface area contributed by atoms with Crippen molar-refractivity contribution in [3.05, 3.63) is 58.9 Å². The van der Waals surface area contributed by atoms with E-state index in [2.05, 4.69) is 5.32 Å². The van der Waals surface area contributed by atoms with Gasteiger partial charge in [0.15, 0.2) is 0 Å². The van der Waals surface area contributed by atoms with E-state index in [1.54, 1.807) is 18.2 Å². The zero-order chi connectivity index (χ0) is 20.9. The van der Waals surface area contributed by atoms with Crippen molar-refractivity contribution in [2.75, 3.05) is 24.2 Å². The number of rotatable bonds is 7. The molecule has 156 valence electrons. The van der Waals surface area contributed by atoms with E-state index in [0.717, 1.165) is 19.3 Å². The van der Waals surface area contributed by atoms with E-state index in [1.807, 2.05) is 0 Å². The Kier molecular flexibility index (Phi) is 7.56. The van der Waals surface area contributed by atoms with E-state index in [0.29, 0.717) is 29.4 Å². The van der Waals surface area contributed by atoms with Gasteiger partial charge in [-0.1, -0.05) is 24.1 Å². The highest BCUT2D eigenvalue weighted by atomic mass is 35.5. The summed E-state index contributed by atoms with van der Waals surface area (Å²) < 4.78 is 40.5. The summed E-state index contributed by atoms with van der Waals surface area (Å²) in [6, 6.07) is 10.6. The fourth-order valence-electron chi connectivity index (χ4n) is 3.08. The number of amides is 1. The van der Waals surface area contributed by atoms with Crippen LogP contribution < -0.4 is 5.32 Å². The van der Waals surface area contributed by atoms with Crippen LogP contribution in [0.3, 0.4) is 0 Å². The van der Waals surface area contributed by atoms with Crippen LogP contribution in [-0.4, -0.2) is 37.5 Å². The van der Waals surface area contributed by atoms with Crippen LogP contribution in [0.25, 0.3) is 0 Å². The lowest BCUT2D eigenvalue weighted by molar-refractivity contribution is -0.113. The number of thioether (sulfide) groups is 1. The molecular formula is C20H22ClFN2O3S2. The minimum Gasteiger partial charge on any atom is -0.325 e. The van der Waals surface area contributed by atoms with E-state index in [-0.39, 0.29) is 22.3 Å². The Morgan fingerprint density at radius 2 is 1.79 bits per heavy atom. The Balaban J connectivity index is 1.53. The van der Waals surface area contributed by atoms with Gasteiger partial charge in [-0.25, -0.2) is 12.8 Å². The largest absolute Gasteiger partial charge is 0.325 e. The van der Waals surface area contributed by atoms with Gasteiger partial charge in [-0.15, -0.1) is 11.8 Å². The highest BCUT2D eigenvalue weighted by Crippen LogP contribution is 2.25. The molecule has 2 aromatic carbocycles. The van der Waals surface area contributed by atoms with Gasteiger partial charge >= 0.3 is 0 Å². The number of hydrogen-bond acceptors (Lipinski definition) is 4. The lowest BCUT2D eigenvalue weighted by Crippen LogP contribution is -2.35. The number of anilines is 1. The molecule has 1 heterocycles. The minimum absolute atomic E-state index is 0.124. The maximum Gasteiger partial charge on any atom is 0.243 e. The molecule has 1 saturated heterocycles. The van der Waals surface area contributed by atoms with Crippen molar-refractivity contribution in [2.24, 2.45) is 0 Å². The van der Waals surface area contributed by atoms with Crippen molar-refractivity contribution in [1.29, 1.82) is 0 Å². The molecule has 0 saturated carbocycles. The first kappa shape index (κ1) is 22.1. The van der Waals surface area contributed by atoms with Crippen LogP contribution in [0.1, 0.15) is 24.8 Å². The molecule has 1 N–H and O–H groups in total. The first-order valence-electron chi connectivity index (χ1n) is 9.28. The lowest BCUT2D eigenvalue weighted by atomic mass is 10.2. The van der Waals surface area contributed by atoms with Gasteiger partial charge < -0.3 is 5.32 Å². The molecular weight excluding hydrogens is 435 g/mol. The van der Waals surface area contributed by atoms with Crippen molar-refractivity contribution < 1.29 is 17.6 Å². The summed E-state index contributed by atoms with van der Waals surface area (Å²) in [5.74, 6) is -0.241. The monoisotopic (exact) mass is 456 g/mol. The normalized spacial score (nSPS) is 15.2. The van der Waals surface area contributed by atoms with Gasteiger partial charge in [0, 0.05) is 35.1 Å². The molecule has 2 aromatic rings. The molecule has 1 fully saturated rings. The average molecular weight is 457 g/mol. The van der Waals surface area contributed by atoms with E-state index in [1.165, 1.54) is 40.3 Å². The van der Waals surface area contributed by atoms with Gasteiger partial charge in [0.25, 0.3) is 0 Å². The number of halogens is 2. The van der Waals surface area contributed by atoms with E-state index >= 15 is 0 Å². The molecule has 0 radical (unpaired) electrons. The van der Waals surface area contributed by atoms with Crippen molar-refractivity contribution in [3.63, 3.8) is 0 Å². The number of sulfonamides is 1. The highest BCUT2D eigenvalue weighted by Gasteiger charge is 2.25. The molecule has 0 aliphatic carbocycles. The molecule has 0 atom stereocenters. The van der Waals surface area contributed by atoms with Gasteiger partial charge in [-0.3, -0.25) is 4.79 Å². The summed E-state index contributed by atoms with van der Waals surface area (Å²) in [5, 5.41) is 3.06. The first-order chi connectivity index (χ1) is 13.9. The van der Waals surface area contributed by atoms with Gasteiger partial charge in [-0.2, -0.15) is 4.31 Å². The van der Waals surface area contributed by atoms with E-state index in [9.17, 15) is 17.6 Å². The quantitative estimate of drug-likeness (QED) is 0.664. The summed E-state index contributed by atoms with van der Waals surface area (Å²) in [6.07, 6.45) is 2.81. The molecule has 0 aromatic heterocycles. The summed E-state index contributed by atoms with van der Waals surface area (Å²) in [4.78, 5) is 12.3. The maximum atomic E-state index is 13.7. The van der Waals surface area contributed by atoms with Crippen LogP contribution in [0.15, 0.2) is 47.4 Å². The van der Waals surface area contributed by atoms with Gasteiger partial charge in [-0.05, 0) is 49.2 Å². The molecule has 0 spiro atoms. The van der Waals surface area contributed by atoms with Crippen LogP contribution in [0.4, 0.5) is 10.1 Å². The topological polar surface area (TPSA) is 66.5 Å². The Hall–Kier alpha value is -1.61. The summed E-state index contributed by atoms with van der Waals surface area (Å²) in [7, 11) is -3.49. The minimum atomic E-state index is -3.49. The second kappa shape index (κ2) is 9.93. The van der Waals surface area contributed by atoms with Crippen LogP contribution in [-0.2, 0) is 20.6 Å². The van der Waals surface area contributed by atoms with Gasteiger partial charge in [0.1, 0.15) is 5.82 Å². The van der Waals surface area contributed by atoms with Crippen LogP contribution in [0.2, 0.25) is 5.02 Å². The van der Waals surface area contributed by atoms with E-state index in [4.69, 9.17) is 11.6 Å². The van der Waals surface area contributed by atoms with Crippen molar-refractivity contribution in [3.8, 4) is 0 Å². The third-order valence-electron chi connectivity index (χ3n) is 4.63. The second-order valence-electron chi connectivity index (χ2n) is 6.73. The van der Waals surface area contributed by atoms with Crippen LogP contribution in [0.5, 0.6) is 0 Å². The molecule has 29 heavy (non-hydrogen) atoms. The molecule has 1 aliphatic rings. The number of carbonyl (C=O) groups excluding carboxylic acids is 1. The second-order valence-corrected chi connectivity index (χ2v) is 10.1. The number of nitrogens with one attached hydrogen (secondary N) is 1. The van der Waals surface area contributed by atoms with Gasteiger partial charge in [0.05, 0.1) is 10.6 Å². The Labute approximate surface area is 179 Å². The number of benzene rings is 2. The summed E-state index contributed by atoms with van der Waals surface area (Å²) >= 11 is 7.23. The third-order valence-corrected chi connectivity index (χ3v) is 7.86. The standard InChI is InChI=1S/C20H22ClFN2O3S2/c21-18-5-4-6-19(22)17(18)13-28-14-20(25)23-15-7-9-16(10-8-15)29(26,27)24-11-2-1-3-12-24/h4-10H,1-3,11-14H2,(H,23,25). The SMILES string of the molecule is O=C(CSCc1c(F)cccc1Cl)Nc1ccc(S(=O)(=O)N2CCCCC2)cc1. The summed E-state index contributed by atoms with van der Waals surface area (Å²) in [5.41, 5.74) is 0.886. The Morgan fingerprint density at radius 3 is 2.45 bits per heavy atom. The molecule has 5 nitrogen and oxygen atoms in total. The fraction of sp³-hybridized carbons (Fsp3) is 0.350. The van der Waals surface area contributed by atoms with Crippen molar-refractivity contribution in [1.82, 2.24) is 4.31 Å². The van der Waals surface area contributed by atoms with Crippen LogP contribution >= 0.6 is 23.4 Å². The smallest absolute Gasteiger partial charge is 0.243 e. The third kappa shape index (κ3) is 5.72. The fourth-order valence-corrected chi connectivity index (χ4v) is 5.76. The average Bonchev–Trinajstić information content (AvgIpc) is 2.71. The lowest BCUT2D eigenvalue weighted by Gasteiger charge is -2.25. The Bertz CT molecular complexity index is 942. The molecule has 1 amide bonds. The van der Waals surface area contributed by atoms with E-state index < -0.39 is 15.8 Å². The van der Waals surface area contributed by atoms with Crippen molar-refractivity contribution in [2.45, 2.75) is 29.9 Å². The number of carbonyl (C=O) groups is 1. The molecule has 0 bridgehead atoms. The van der Waals surface area contributed by atoms with Gasteiger partial charge in [0.2, 0.25) is 15.9 Å². The zero-order valence-electron chi connectivity index (χ0n) is 15.7. The molecule has 0 unspecified atom stereocenters. The molecule has 1 aliphatic heterocycles. The predicted molar refractivity (Wildman–Crippen MR) is 115 cm³/mol. The number of piperidine rings is 1.